The smallest absolute Gasteiger partial charge is 0.236 e. The lowest BCUT2D eigenvalue weighted by Crippen LogP contribution is -2.50. The highest BCUT2D eigenvalue weighted by Crippen LogP contribution is 2.18. The standard InChI is InChI=1S/C7H13N2O3S/c1-13(11,12)9-5-3-2-4-6(9)7(8)10/h4,6H,2-3,5H2,1H3,(H2,8,10). The van der Waals surface area contributed by atoms with Crippen molar-refractivity contribution in [1.82, 2.24) is 4.31 Å². The number of hydrogen-bond acceptors (Lipinski definition) is 3. The summed E-state index contributed by atoms with van der Waals surface area (Å²) in [6.45, 7) is 0.378. The van der Waals surface area contributed by atoms with Gasteiger partial charge in [0.2, 0.25) is 15.9 Å². The number of carbonyl (C=O) groups is 1. The Morgan fingerprint density at radius 1 is 1.62 bits per heavy atom. The van der Waals surface area contributed by atoms with Gasteiger partial charge in [-0.15, -0.1) is 0 Å². The third kappa shape index (κ3) is 2.41. The number of amides is 1. The van der Waals surface area contributed by atoms with E-state index in [1.54, 1.807) is 6.42 Å². The second-order valence-electron chi connectivity index (χ2n) is 3.10. The van der Waals surface area contributed by atoms with Gasteiger partial charge >= 0.3 is 0 Å². The summed E-state index contributed by atoms with van der Waals surface area (Å²) in [4.78, 5) is 10.9. The van der Waals surface area contributed by atoms with Crippen LogP contribution >= 0.6 is 0 Å². The molecule has 0 bridgehead atoms. The van der Waals surface area contributed by atoms with Crippen molar-refractivity contribution in [3.05, 3.63) is 6.42 Å². The molecule has 6 heteroatoms. The molecule has 1 aliphatic rings. The van der Waals surface area contributed by atoms with Crippen molar-refractivity contribution in [3.8, 4) is 0 Å². The van der Waals surface area contributed by atoms with Crippen molar-refractivity contribution in [3.63, 3.8) is 0 Å². The van der Waals surface area contributed by atoms with Gasteiger partial charge in [0.25, 0.3) is 0 Å². The molecule has 0 saturated carbocycles. The van der Waals surface area contributed by atoms with Gasteiger partial charge in [0, 0.05) is 6.54 Å². The van der Waals surface area contributed by atoms with Crippen LogP contribution in [0.1, 0.15) is 12.8 Å². The molecule has 0 aromatic rings. The molecule has 1 saturated heterocycles. The van der Waals surface area contributed by atoms with Crippen LogP contribution in [0.5, 0.6) is 0 Å². The maximum atomic E-state index is 11.2. The van der Waals surface area contributed by atoms with Crippen LogP contribution in [0, 0.1) is 6.42 Å². The van der Waals surface area contributed by atoms with Crippen LogP contribution in [-0.4, -0.2) is 37.5 Å². The van der Waals surface area contributed by atoms with E-state index in [-0.39, 0.29) is 0 Å². The lowest BCUT2D eigenvalue weighted by molar-refractivity contribution is -0.121. The predicted molar refractivity (Wildman–Crippen MR) is 48.1 cm³/mol. The van der Waals surface area contributed by atoms with Crippen LogP contribution in [0.4, 0.5) is 0 Å². The topological polar surface area (TPSA) is 80.5 Å². The molecule has 1 fully saturated rings. The average Bonchev–Trinajstić information content (AvgIpc) is 2.03. The van der Waals surface area contributed by atoms with Gasteiger partial charge in [-0.2, -0.15) is 4.31 Å². The largest absolute Gasteiger partial charge is 0.368 e. The Morgan fingerprint density at radius 3 is 2.62 bits per heavy atom. The third-order valence-corrected chi connectivity index (χ3v) is 3.26. The number of nitrogens with zero attached hydrogens (tertiary/aromatic N) is 1. The minimum absolute atomic E-state index is 0.378. The molecule has 2 N–H and O–H groups in total. The molecule has 0 aromatic heterocycles. The van der Waals surface area contributed by atoms with Crippen LogP contribution in [0.2, 0.25) is 0 Å². The first kappa shape index (κ1) is 10.5. The van der Waals surface area contributed by atoms with E-state index >= 15 is 0 Å². The van der Waals surface area contributed by atoms with Gasteiger partial charge in [0.05, 0.1) is 6.26 Å². The Kier molecular flexibility index (Phi) is 2.92. The van der Waals surface area contributed by atoms with Crippen molar-refractivity contribution < 1.29 is 13.2 Å². The molecule has 0 aliphatic carbocycles. The summed E-state index contributed by atoms with van der Waals surface area (Å²) in [5, 5.41) is 0. The number of hydrogen-bond donors (Lipinski definition) is 1. The number of carbonyl (C=O) groups excluding carboxylic acids is 1. The minimum atomic E-state index is -3.32. The van der Waals surface area contributed by atoms with Crippen LogP contribution in [0.25, 0.3) is 0 Å². The van der Waals surface area contributed by atoms with E-state index in [4.69, 9.17) is 5.73 Å². The van der Waals surface area contributed by atoms with E-state index in [0.29, 0.717) is 6.54 Å². The molecule has 1 unspecified atom stereocenters. The highest BCUT2D eigenvalue weighted by Gasteiger charge is 2.32. The molecule has 1 aliphatic heterocycles. The number of piperidine rings is 1. The number of primary amides is 1. The number of rotatable bonds is 2. The highest BCUT2D eigenvalue weighted by atomic mass is 32.2. The van der Waals surface area contributed by atoms with E-state index in [0.717, 1.165) is 23.4 Å². The average molecular weight is 205 g/mol. The molecular weight excluding hydrogens is 192 g/mol. The van der Waals surface area contributed by atoms with Gasteiger partial charge in [-0.25, -0.2) is 8.42 Å². The number of nitrogens with two attached hydrogens (primary N) is 1. The highest BCUT2D eigenvalue weighted by molar-refractivity contribution is 7.88. The van der Waals surface area contributed by atoms with E-state index in [2.05, 4.69) is 0 Å². The lowest BCUT2D eigenvalue weighted by Gasteiger charge is -2.30. The molecule has 1 amide bonds. The van der Waals surface area contributed by atoms with Crippen molar-refractivity contribution in [2.45, 2.75) is 18.9 Å². The van der Waals surface area contributed by atoms with Crippen LogP contribution in [0.15, 0.2) is 0 Å². The van der Waals surface area contributed by atoms with Gasteiger partial charge in [-0.05, 0) is 19.3 Å². The van der Waals surface area contributed by atoms with E-state index in [9.17, 15) is 13.2 Å². The van der Waals surface area contributed by atoms with E-state index < -0.39 is 22.0 Å². The van der Waals surface area contributed by atoms with Crippen LogP contribution in [-0.2, 0) is 14.8 Å². The van der Waals surface area contributed by atoms with E-state index in [1.165, 1.54) is 0 Å². The lowest BCUT2D eigenvalue weighted by atomic mass is 10.0. The van der Waals surface area contributed by atoms with Crippen molar-refractivity contribution in [2.24, 2.45) is 5.73 Å². The first-order valence-corrected chi connectivity index (χ1v) is 5.87. The molecule has 13 heavy (non-hydrogen) atoms. The first-order chi connectivity index (χ1) is 5.93. The molecule has 0 aromatic carbocycles. The Bertz CT molecular complexity index is 299. The zero-order chi connectivity index (χ0) is 10.1. The summed E-state index contributed by atoms with van der Waals surface area (Å²) in [5.41, 5.74) is 5.08. The molecule has 1 radical (unpaired) electrons. The van der Waals surface area contributed by atoms with Crippen molar-refractivity contribution >= 4 is 15.9 Å². The Morgan fingerprint density at radius 2 is 2.23 bits per heavy atom. The summed E-state index contributed by atoms with van der Waals surface area (Å²) in [6, 6.07) is -0.760. The van der Waals surface area contributed by atoms with Gasteiger partial charge in [0.1, 0.15) is 6.04 Å². The van der Waals surface area contributed by atoms with Gasteiger partial charge < -0.3 is 5.73 Å². The minimum Gasteiger partial charge on any atom is -0.368 e. The van der Waals surface area contributed by atoms with Crippen LogP contribution in [0.3, 0.4) is 0 Å². The fraction of sp³-hybridized carbons (Fsp3) is 0.714. The zero-order valence-electron chi connectivity index (χ0n) is 7.43. The first-order valence-electron chi connectivity index (χ1n) is 4.02. The molecule has 1 rings (SSSR count). The SMILES string of the molecule is CS(=O)(=O)N1CCC[CH]C1C(N)=O. The van der Waals surface area contributed by atoms with E-state index in [1.807, 2.05) is 0 Å². The summed E-state index contributed by atoms with van der Waals surface area (Å²) >= 11 is 0. The van der Waals surface area contributed by atoms with Crippen molar-refractivity contribution in [1.29, 1.82) is 0 Å². The monoisotopic (exact) mass is 205 g/mol. The fourth-order valence-corrected chi connectivity index (χ4v) is 2.47. The summed E-state index contributed by atoms with van der Waals surface area (Å²) in [7, 11) is -3.32. The molecule has 75 valence electrons. The van der Waals surface area contributed by atoms with Gasteiger partial charge in [-0.3, -0.25) is 4.79 Å². The second-order valence-corrected chi connectivity index (χ2v) is 5.03. The maximum Gasteiger partial charge on any atom is 0.236 e. The summed E-state index contributed by atoms with van der Waals surface area (Å²) in [6.07, 6.45) is 4.21. The van der Waals surface area contributed by atoms with Gasteiger partial charge in [-0.1, -0.05) is 0 Å². The number of sulfonamides is 1. The quantitative estimate of drug-likeness (QED) is 0.634. The normalized spacial score (nSPS) is 25.8. The summed E-state index contributed by atoms with van der Waals surface area (Å²) < 4.78 is 23.5. The van der Waals surface area contributed by atoms with Crippen LogP contribution < -0.4 is 5.73 Å². The Hall–Kier alpha value is -0.620. The maximum absolute atomic E-state index is 11.2. The summed E-state index contributed by atoms with van der Waals surface area (Å²) in [5.74, 6) is -0.606. The molecular formula is C7H13N2O3S. The van der Waals surface area contributed by atoms with Crippen molar-refractivity contribution in [2.75, 3.05) is 12.8 Å². The molecule has 5 nitrogen and oxygen atoms in total. The molecule has 0 spiro atoms. The fourth-order valence-electron chi connectivity index (χ4n) is 1.41. The Labute approximate surface area is 77.9 Å². The predicted octanol–water partition coefficient (Wildman–Crippen LogP) is -0.900. The second kappa shape index (κ2) is 3.63. The molecule has 1 atom stereocenters. The zero-order valence-corrected chi connectivity index (χ0v) is 8.25. The third-order valence-electron chi connectivity index (χ3n) is 2.00. The van der Waals surface area contributed by atoms with Gasteiger partial charge in [0.15, 0.2) is 0 Å². The molecule has 1 heterocycles. The Balaban J connectivity index is 2.86.